The van der Waals surface area contributed by atoms with Crippen molar-refractivity contribution in [3.05, 3.63) is 64.4 Å². The Labute approximate surface area is 165 Å². The third kappa shape index (κ3) is 3.16. The zero-order valence-electron chi connectivity index (χ0n) is 15.5. The number of carbonyl (C=O) groups is 1. The fourth-order valence-electron chi connectivity index (χ4n) is 3.08. The van der Waals surface area contributed by atoms with Gasteiger partial charge in [-0.15, -0.1) is 10.2 Å². The van der Waals surface area contributed by atoms with Crippen molar-refractivity contribution in [3.8, 4) is 5.69 Å². The second kappa shape index (κ2) is 7.47. The first kappa shape index (κ1) is 18.2. The Hall–Kier alpha value is -3.13. The molecule has 0 bridgehead atoms. The molecule has 0 atom stereocenters. The minimum atomic E-state index is -0.153. The Kier molecular flexibility index (Phi) is 4.87. The third-order valence-corrected chi connectivity index (χ3v) is 5.32. The van der Waals surface area contributed by atoms with E-state index >= 15 is 0 Å². The third-order valence-electron chi connectivity index (χ3n) is 4.39. The SMILES string of the molecule is CCNC(=O)CSc1nnc2n(-c3ccc(C)cc3)c(=O)c3ccccc3n12. The largest absolute Gasteiger partial charge is 0.356 e. The summed E-state index contributed by atoms with van der Waals surface area (Å²) in [6, 6.07) is 15.0. The number of thioether (sulfide) groups is 1. The minimum Gasteiger partial charge on any atom is -0.356 e. The summed E-state index contributed by atoms with van der Waals surface area (Å²) in [6.45, 7) is 4.45. The molecule has 4 rings (SSSR count). The molecule has 1 amide bonds. The second-order valence-corrected chi connectivity index (χ2v) is 7.30. The molecule has 2 aromatic heterocycles. The van der Waals surface area contributed by atoms with Crippen LogP contribution in [0.15, 0.2) is 58.5 Å². The summed E-state index contributed by atoms with van der Waals surface area (Å²) in [6.07, 6.45) is 0. The highest BCUT2D eigenvalue weighted by molar-refractivity contribution is 7.99. The van der Waals surface area contributed by atoms with E-state index in [1.165, 1.54) is 11.8 Å². The van der Waals surface area contributed by atoms with Crippen LogP contribution in [0.4, 0.5) is 0 Å². The van der Waals surface area contributed by atoms with E-state index in [1.807, 2.05) is 60.7 Å². The first-order valence-corrected chi connectivity index (χ1v) is 9.94. The van der Waals surface area contributed by atoms with E-state index in [-0.39, 0.29) is 17.2 Å². The number of fused-ring (bicyclic) bond motifs is 3. The van der Waals surface area contributed by atoms with Crippen LogP contribution in [0.25, 0.3) is 22.4 Å². The smallest absolute Gasteiger partial charge is 0.267 e. The molecular weight excluding hydrogens is 374 g/mol. The van der Waals surface area contributed by atoms with Crippen LogP contribution < -0.4 is 10.9 Å². The molecule has 4 aromatic rings. The van der Waals surface area contributed by atoms with Gasteiger partial charge in [0.2, 0.25) is 11.7 Å². The number of aromatic nitrogens is 4. The quantitative estimate of drug-likeness (QED) is 0.527. The highest BCUT2D eigenvalue weighted by atomic mass is 32.2. The van der Waals surface area contributed by atoms with Crippen molar-refractivity contribution < 1.29 is 4.79 Å². The second-order valence-electron chi connectivity index (χ2n) is 6.35. The fraction of sp³-hybridized carbons (Fsp3) is 0.200. The molecular formula is C20H19N5O2S. The average molecular weight is 393 g/mol. The lowest BCUT2D eigenvalue weighted by Crippen LogP contribution is -2.24. The van der Waals surface area contributed by atoms with Crippen molar-refractivity contribution in [2.45, 2.75) is 19.0 Å². The maximum atomic E-state index is 13.2. The molecule has 2 heterocycles. The van der Waals surface area contributed by atoms with Gasteiger partial charge in [0.15, 0.2) is 5.16 Å². The fourth-order valence-corrected chi connectivity index (χ4v) is 3.85. The molecule has 2 aromatic carbocycles. The topological polar surface area (TPSA) is 81.3 Å². The number of amides is 1. The number of benzene rings is 2. The number of para-hydroxylation sites is 1. The summed E-state index contributed by atoms with van der Waals surface area (Å²) in [5, 5.41) is 12.4. The summed E-state index contributed by atoms with van der Waals surface area (Å²) in [5.74, 6) is 0.582. The zero-order chi connectivity index (χ0) is 19.7. The Morgan fingerprint density at radius 2 is 1.86 bits per heavy atom. The van der Waals surface area contributed by atoms with Gasteiger partial charge in [-0.2, -0.15) is 0 Å². The van der Waals surface area contributed by atoms with Gasteiger partial charge in [-0.1, -0.05) is 41.6 Å². The molecule has 8 heteroatoms. The summed E-state index contributed by atoms with van der Waals surface area (Å²) < 4.78 is 3.39. The molecule has 0 aliphatic carbocycles. The van der Waals surface area contributed by atoms with Gasteiger partial charge >= 0.3 is 0 Å². The van der Waals surface area contributed by atoms with Crippen LogP contribution in [0.3, 0.4) is 0 Å². The van der Waals surface area contributed by atoms with Gasteiger partial charge in [0, 0.05) is 6.54 Å². The van der Waals surface area contributed by atoms with Crippen molar-refractivity contribution >= 4 is 34.3 Å². The Morgan fingerprint density at radius 1 is 1.11 bits per heavy atom. The van der Waals surface area contributed by atoms with Crippen molar-refractivity contribution in [2.75, 3.05) is 12.3 Å². The van der Waals surface area contributed by atoms with E-state index < -0.39 is 0 Å². The van der Waals surface area contributed by atoms with E-state index in [2.05, 4.69) is 15.5 Å². The monoisotopic (exact) mass is 393 g/mol. The number of aryl methyl sites for hydroxylation is 1. The molecule has 142 valence electrons. The number of carbonyl (C=O) groups excluding carboxylic acids is 1. The first-order valence-electron chi connectivity index (χ1n) is 8.95. The van der Waals surface area contributed by atoms with Gasteiger partial charge in [-0.3, -0.25) is 14.0 Å². The zero-order valence-corrected chi connectivity index (χ0v) is 16.4. The van der Waals surface area contributed by atoms with Crippen molar-refractivity contribution in [1.82, 2.24) is 24.5 Å². The first-order chi connectivity index (χ1) is 13.6. The van der Waals surface area contributed by atoms with Gasteiger partial charge in [-0.05, 0) is 38.1 Å². The summed E-state index contributed by atoms with van der Waals surface area (Å²) in [5.41, 5.74) is 2.39. The van der Waals surface area contributed by atoms with Crippen LogP contribution in [0.1, 0.15) is 12.5 Å². The minimum absolute atomic E-state index is 0.0691. The summed E-state index contributed by atoms with van der Waals surface area (Å²) >= 11 is 1.29. The molecule has 7 nitrogen and oxygen atoms in total. The molecule has 0 saturated carbocycles. The molecule has 0 spiro atoms. The van der Waals surface area contributed by atoms with Gasteiger partial charge in [0.25, 0.3) is 5.56 Å². The maximum absolute atomic E-state index is 13.2. The van der Waals surface area contributed by atoms with Crippen LogP contribution in [-0.2, 0) is 4.79 Å². The van der Waals surface area contributed by atoms with Crippen LogP contribution in [0, 0.1) is 6.92 Å². The van der Waals surface area contributed by atoms with Crippen LogP contribution in [-0.4, -0.2) is 37.4 Å². The molecule has 28 heavy (non-hydrogen) atoms. The highest BCUT2D eigenvalue weighted by Gasteiger charge is 2.18. The molecule has 1 N–H and O–H groups in total. The van der Waals surface area contributed by atoms with E-state index in [0.29, 0.717) is 28.4 Å². The lowest BCUT2D eigenvalue weighted by molar-refractivity contribution is -0.118. The van der Waals surface area contributed by atoms with E-state index in [0.717, 1.165) is 11.3 Å². The van der Waals surface area contributed by atoms with Crippen LogP contribution in [0.2, 0.25) is 0 Å². The Balaban J connectivity index is 1.94. The van der Waals surface area contributed by atoms with Crippen LogP contribution >= 0.6 is 11.8 Å². The highest BCUT2D eigenvalue weighted by Crippen LogP contribution is 2.23. The Bertz CT molecular complexity index is 1230. The van der Waals surface area contributed by atoms with Crippen molar-refractivity contribution in [3.63, 3.8) is 0 Å². The molecule has 0 radical (unpaired) electrons. The number of nitrogens with one attached hydrogen (secondary N) is 1. The normalized spacial score (nSPS) is 11.2. The number of nitrogens with zero attached hydrogens (tertiary/aromatic N) is 4. The lowest BCUT2D eigenvalue weighted by atomic mass is 10.2. The van der Waals surface area contributed by atoms with E-state index in [9.17, 15) is 9.59 Å². The molecule has 0 aliphatic heterocycles. The predicted octanol–water partition coefficient (Wildman–Crippen LogP) is 2.57. The van der Waals surface area contributed by atoms with E-state index in [4.69, 9.17) is 0 Å². The number of hydrogen-bond acceptors (Lipinski definition) is 5. The Morgan fingerprint density at radius 3 is 2.61 bits per heavy atom. The molecule has 0 unspecified atom stereocenters. The summed E-state index contributed by atoms with van der Waals surface area (Å²) in [4.78, 5) is 25.1. The summed E-state index contributed by atoms with van der Waals surface area (Å²) in [7, 11) is 0. The number of hydrogen-bond donors (Lipinski definition) is 1. The molecule has 0 fully saturated rings. The average Bonchev–Trinajstić information content (AvgIpc) is 3.12. The van der Waals surface area contributed by atoms with E-state index in [1.54, 1.807) is 10.6 Å². The van der Waals surface area contributed by atoms with Crippen LogP contribution in [0.5, 0.6) is 0 Å². The maximum Gasteiger partial charge on any atom is 0.267 e. The lowest BCUT2D eigenvalue weighted by Gasteiger charge is -2.11. The van der Waals surface area contributed by atoms with Gasteiger partial charge in [-0.25, -0.2) is 4.57 Å². The molecule has 0 saturated heterocycles. The number of rotatable bonds is 5. The van der Waals surface area contributed by atoms with Gasteiger partial charge < -0.3 is 5.32 Å². The van der Waals surface area contributed by atoms with Crippen molar-refractivity contribution in [1.29, 1.82) is 0 Å². The predicted molar refractivity (Wildman–Crippen MR) is 110 cm³/mol. The van der Waals surface area contributed by atoms with Crippen molar-refractivity contribution in [2.24, 2.45) is 0 Å². The molecule has 0 aliphatic rings. The standard InChI is InChI=1S/C20H19N5O2S/c1-3-21-17(26)12-28-20-23-22-19-24(14-10-8-13(2)9-11-14)18(27)15-6-4-5-7-16(15)25(19)20/h4-11H,3,12H2,1-2H3,(H,21,26). The van der Waals surface area contributed by atoms with Gasteiger partial charge in [0.05, 0.1) is 22.3 Å². The van der Waals surface area contributed by atoms with Gasteiger partial charge in [0.1, 0.15) is 0 Å².